The molecule has 2 rings (SSSR count). The highest BCUT2D eigenvalue weighted by Crippen LogP contribution is 2.25. The Kier molecular flexibility index (Phi) is 3.47. The van der Waals surface area contributed by atoms with E-state index in [9.17, 15) is 0 Å². The third kappa shape index (κ3) is 2.59. The molecule has 0 heterocycles. The van der Waals surface area contributed by atoms with Gasteiger partial charge >= 0.3 is 0 Å². The number of amidine groups is 1. The zero-order valence-electron chi connectivity index (χ0n) is 11.1. The van der Waals surface area contributed by atoms with Gasteiger partial charge in [-0.3, -0.25) is 0 Å². The van der Waals surface area contributed by atoms with Gasteiger partial charge in [-0.25, -0.2) is 4.99 Å². The lowest BCUT2D eigenvalue weighted by atomic mass is 10.1. The maximum atomic E-state index is 6.05. The van der Waals surface area contributed by atoms with Gasteiger partial charge in [-0.15, -0.1) is 0 Å². The van der Waals surface area contributed by atoms with Crippen molar-refractivity contribution in [3.05, 3.63) is 64.7 Å². The summed E-state index contributed by atoms with van der Waals surface area (Å²) >= 11 is 0. The molecule has 2 nitrogen and oxygen atoms in total. The molecular formula is C16H18N2. The van der Waals surface area contributed by atoms with E-state index < -0.39 is 0 Å². The van der Waals surface area contributed by atoms with E-state index in [2.05, 4.69) is 37.9 Å². The Labute approximate surface area is 108 Å². The Morgan fingerprint density at radius 3 is 2.06 bits per heavy atom. The number of rotatable bonds is 2. The van der Waals surface area contributed by atoms with Crippen LogP contribution in [0.3, 0.4) is 0 Å². The van der Waals surface area contributed by atoms with Crippen molar-refractivity contribution in [2.24, 2.45) is 10.7 Å². The van der Waals surface area contributed by atoms with E-state index in [1.165, 1.54) is 5.56 Å². The molecule has 92 valence electrons. The molecular weight excluding hydrogens is 220 g/mol. The second-order valence-corrected chi connectivity index (χ2v) is 4.61. The maximum Gasteiger partial charge on any atom is 0.131 e. The molecule has 0 spiro atoms. The van der Waals surface area contributed by atoms with Gasteiger partial charge in [-0.2, -0.15) is 0 Å². The minimum Gasteiger partial charge on any atom is -0.383 e. The normalized spacial score (nSPS) is 11.6. The van der Waals surface area contributed by atoms with Gasteiger partial charge in [-0.1, -0.05) is 48.0 Å². The van der Waals surface area contributed by atoms with E-state index in [4.69, 9.17) is 5.73 Å². The van der Waals surface area contributed by atoms with Crippen LogP contribution in [0.2, 0.25) is 0 Å². The summed E-state index contributed by atoms with van der Waals surface area (Å²) in [5.41, 5.74) is 11.6. The average molecular weight is 238 g/mol. The molecule has 0 aromatic heterocycles. The molecule has 0 fully saturated rings. The molecule has 2 aromatic rings. The van der Waals surface area contributed by atoms with Crippen molar-refractivity contribution < 1.29 is 0 Å². The molecule has 0 saturated heterocycles. The predicted octanol–water partition coefficient (Wildman–Crippen LogP) is 3.65. The molecule has 0 atom stereocenters. The Hall–Kier alpha value is -2.09. The van der Waals surface area contributed by atoms with Crippen LogP contribution in [-0.4, -0.2) is 5.84 Å². The smallest absolute Gasteiger partial charge is 0.131 e. The Morgan fingerprint density at radius 2 is 1.50 bits per heavy atom. The van der Waals surface area contributed by atoms with Crippen LogP contribution in [0.15, 0.2) is 47.5 Å². The highest BCUT2D eigenvalue weighted by molar-refractivity contribution is 5.99. The first-order chi connectivity index (χ1) is 8.58. The van der Waals surface area contributed by atoms with E-state index in [1.807, 2.05) is 30.3 Å². The number of aryl methyl sites for hydroxylation is 3. The standard InChI is InChI=1S/C16H18N2/c1-11-9-12(2)15(13(3)10-11)18-16(17)14-7-5-4-6-8-14/h4-10H,1-3H3,(H2,17,18). The van der Waals surface area contributed by atoms with Crippen molar-refractivity contribution in [3.8, 4) is 0 Å². The van der Waals surface area contributed by atoms with Crippen molar-refractivity contribution in [1.82, 2.24) is 0 Å². The summed E-state index contributed by atoms with van der Waals surface area (Å²) < 4.78 is 0. The first-order valence-electron chi connectivity index (χ1n) is 6.05. The molecule has 0 aliphatic heterocycles. The lowest BCUT2D eigenvalue weighted by Crippen LogP contribution is -2.12. The fourth-order valence-corrected chi connectivity index (χ4v) is 2.14. The number of hydrogen-bond donors (Lipinski definition) is 1. The zero-order valence-corrected chi connectivity index (χ0v) is 11.1. The molecule has 18 heavy (non-hydrogen) atoms. The largest absolute Gasteiger partial charge is 0.383 e. The van der Waals surface area contributed by atoms with Crippen LogP contribution >= 0.6 is 0 Å². The van der Waals surface area contributed by atoms with Gasteiger partial charge in [0.15, 0.2) is 0 Å². The fraction of sp³-hybridized carbons (Fsp3) is 0.188. The van der Waals surface area contributed by atoms with E-state index in [1.54, 1.807) is 0 Å². The van der Waals surface area contributed by atoms with E-state index >= 15 is 0 Å². The van der Waals surface area contributed by atoms with E-state index in [-0.39, 0.29) is 0 Å². The van der Waals surface area contributed by atoms with Crippen molar-refractivity contribution >= 4 is 11.5 Å². The van der Waals surface area contributed by atoms with Gasteiger partial charge in [0.2, 0.25) is 0 Å². The summed E-state index contributed by atoms with van der Waals surface area (Å²) in [7, 11) is 0. The first-order valence-corrected chi connectivity index (χ1v) is 6.05. The number of aliphatic imine (C=N–C) groups is 1. The summed E-state index contributed by atoms with van der Waals surface area (Å²) in [4.78, 5) is 4.56. The fourth-order valence-electron chi connectivity index (χ4n) is 2.14. The minimum atomic E-state index is 0.561. The lowest BCUT2D eigenvalue weighted by Gasteiger charge is -2.08. The second kappa shape index (κ2) is 5.05. The van der Waals surface area contributed by atoms with Crippen molar-refractivity contribution in [1.29, 1.82) is 0 Å². The first kappa shape index (κ1) is 12.4. The highest BCUT2D eigenvalue weighted by Gasteiger charge is 2.04. The van der Waals surface area contributed by atoms with E-state index in [0.717, 1.165) is 22.4 Å². The summed E-state index contributed by atoms with van der Waals surface area (Å²) in [6.45, 7) is 6.22. The van der Waals surface area contributed by atoms with Gasteiger partial charge in [0, 0.05) is 5.56 Å². The Bertz CT molecular complexity index is 560. The molecule has 2 aromatic carbocycles. The third-order valence-corrected chi connectivity index (χ3v) is 2.94. The average Bonchev–Trinajstić information content (AvgIpc) is 2.34. The van der Waals surface area contributed by atoms with Gasteiger partial charge in [0.25, 0.3) is 0 Å². The maximum absolute atomic E-state index is 6.05. The Morgan fingerprint density at radius 1 is 0.944 bits per heavy atom. The van der Waals surface area contributed by atoms with Crippen molar-refractivity contribution in [2.45, 2.75) is 20.8 Å². The van der Waals surface area contributed by atoms with Crippen LogP contribution < -0.4 is 5.73 Å². The molecule has 0 aliphatic carbocycles. The van der Waals surface area contributed by atoms with Crippen LogP contribution in [0.1, 0.15) is 22.3 Å². The number of nitrogens with two attached hydrogens (primary N) is 1. The van der Waals surface area contributed by atoms with Crippen molar-refractivity contribution in [3.63, 3.8) is 0 Å². The summed E-state index contributed by atoms with van der Waals surface area (Å²) in [5, 5.41) is 0. The molecule has 0 unspecified atom stereocenters. The number of hydrogen-bond acceptors (Lipinski definition) is 1. The molecule has 0 amide bonds. The minimum absolute atomic E-state index is 0.561. The predicted molar refractivity (Wildman–Crippen MR) is 77.5 cm³/mol. The van der Waals surface area contributed by atoms with Gasteiger partial charge in [0.1, 0.15) is 5.84 Å². The van der Waals surface area contributed by atoms with Gasteiger partial charge in [-0.05, 0) is 31.9 Å². The molecule has 0 aliphatic rings. The molecule has 0 radical (unpaired) electrons. The van der Waals surface area contributed by atoms with Gasteiger partial charge < -0.3 is 5.73 Å². The lowest BCUT2D eigenvalue weighted by molar-refractivity contribution is 1.28. The zero-order chi connectivity index (χ0) is 13.1. The molecule has 0 saturated carbocycles. The monoisotopic (exact) mass is 238 g/mol. The summed E-state index contributed by atoms with van der Waals surface area (Å²) in [6.07, 6.45) is 0. The molecule has 2 N–H and O–H groups in total. The van der Waals surface area contributed by atoms with Crippen LogP contribution in [0.5, 0.6) is 0 Å². The van der Waals surface area contributed by atoms with Crippen molar-refractivity contribution in [2.75, 3.05) is 0 Å². The Balaban J connectivity index is 2.45. The summed E-state index contributed by atoms with van der Waals surface area (Å²) in [5.74, 6) is 0.561. The van der Waals surface area contributed by atoms with Crippen LogP contribution in [-0.2, 0) is 0 Å². The number of nitrogens with zero attached hydrogens (tertiary/aromatic N) is 1. The van der Waals surface area contributed by atoms with Crippen LogP contribution in [0.4, 0.5) is 5.69 Å². The van der Waals surface area contributed by atoms with Crippen LogP contribution in [0.25, 0.3) is 0 Å². The SMILES string of the molecule is Cc1cc(C)c(N=C(N)c2ccccc2)c(C)c1. The topological polar surface area (TPSA) is 38.4 Å². The number of benzene rings is 2. The van der Waals surface area contributed by atoms with Gasteiger partial charge in [0.05, 0.1) is 5.69 Å². The summed E-state index contributed by atoms with van der Waals surface area (Å²) in [6, 6.07) is 14.1. The van der Waals surface area contributed by atoms with Crippen LogP contribution in [0, 0.1) is 20.8 Å². The highest BCUT2D eigenvalue weighted by atomic mass is 14.9. The third-order valence-electron chi connectivity index (χ3n) is 2.94. The molecule has 2 heteroatoms. The quantitative estimate of drug-likeness (QED) is 0.629. The van der Waals surface area contributed by atoms with E-state index in [0.29, 0.717) is 5.84 Å². The second-order valence-electron chi connectivity index (χ2n) is 4.61. The molecule has 0 bridgehead atoms.